The molecule has 0 saturated heterocycles. The molecule has 1 unspecified atom stereocenters. The topological polar surface area (TPSA) is 96.2 Å². The van der Waals surface area contributed by atoms with Crippen LogP contribution in [0.4, 0.5) is 11.5 Å². The van der Waals surface area contributed by atoms with E-state index in [1.807, 2.05) is 0 Å². The molecule has 7 nitrogen and oxygen atoms in total. The summed E-state index contributed by atoms with van der Waals surface area (Å²) in [5.74, 6) is -1.34. The van der Waals surface area contributed by atoms with E-state index >= 15 is 0 Å². The lowest BCUT2D eigenvalue weighted by Crippen LogP contribution is -2.25. The molecule has 0 saturated carbocycles. The van der Waals surface area contributed by atoms with E-state index in [1.54, 1.807) is 53.2 Å². The van der Waals surface area contributed by atoms with Crippen molar-refractivity contribution in [3.63, 3.8) is 0 Å². The van der Waals surface area contributed by atoms with Gasteiger partial charge in [0.15, 0.2) is 0 Å². The van der Waals surface area contributed by atoms with Crippen LogP contribution in [0.1, 0.15) is 22.0 Å². The summed E-state index contributed by atoms with van der Waals surface area (Å²) in [5.41, 5.74) is 1.36. The number of carbonyl (C=O) groups excluding carboxylic acids is 1. The molecule has 1 aliphatic heterocycles. The quantitative estimate of drug-likeness (QED) is 0.571. The van der Waals surface area contributed by atoms with Crippen molar-refractivity contribution in [2.75, 3.05) is 10.6 Å². The van der Waals surface area contributed by atoms with Gasteiger partial charge in [-0.15, -0.1) is 0 Å². The molecule has 2 aromatic carbocycles. The lowest BCUT2D eigenvalue weighted by atomic mass is 10.0. The highest BCUT2D eigenvalue weighted by molar-refractivity contribution is 6.34. The Kier molecular flexibility index (Phi) is 5.00. The second-order valence-corrected chi connectivity index (χ2v) is 7.14. The van der Waals surface area contributed by atoms with Gasteiger partial charge < -0.3 is 15.7 Å². The Balaban J connectivity index is 1.73. The molecule has 0 spiro atoms. The van der Waals surface area contributed by atoms with Crippen LogP contribution in [0.15, 0.2) is 66.5 Å². The summed E-state index contributed by atoms with van der Waals surface area (Å²) in [4.78, 5) is 24.5. The number of anilines is 2. The highest BCUT2D eigenvalue weighted by Crippen LogP contribution is 2.33. The van der Waals surface area contributed by atoms with Crippen molar-refractivity contribution in [3.8, 4) is 0 Å². The Hall–Kier alpha value is -3.29. The van der Waals surface area contributed by atoms with Gasteiger partial charge in [-0.2, -0.15) is 5.10 Å². The van der Waals surface area contributed by atoms with Gasteiger partial charge in [-0.1, -0.05) is 47.5 Å². The molecule has 146 valence electrons. The van der Waals surface area contributed by atoms with Gasteiger partial charge in [0.25, 0.3) is 5.91 Å². The van der Waals surface area contributed by atoms with Crippen LogP contribution in [-0.4, -0.2) is 26.8 Å². The number of benzene rings is 2. The number of rotatable bonds is 4. The molecule has 1 aromatic heterocycles. The number of amides is 1. The lowest BCUT2D eigenvalue weighted by molar-refractivity contribution is -0.132. The summed E-state index contributed by atoms with van der Waals surface area (Å²) in [5, 5.41) is 20.3. The normalized spacial score (nSPS) is 15.1. The van der Waals surface area contributed by atoms with Gasteiger partial charge in [-0.05, 0) is 35.9 Å². The van der Waals surface area contributed by atoms with Crippen molar-refractivity contribution in [2.24, 2.45) is 0 Å². The van der Waals surface area contributed by atoms with Crippen LogP contribution >= 0.6 is 23.2 Å². The summed E-state index contributed by atoms with van der Waals surface area (Å²) in [7, 11) is 0. The molecule has 0 aliphatic carbocycles. The van der Waals surface area contributed by atoms with E-state index in [0.717, 1.165) is 5.56 Å². The molecule has 29 heavy (non-hydrogen) atoms. The maximum atomic E-state index is 12.8. The third-order valence-corrected chi connectivity index (χ3v) is 5.03. The molecular weight excluding hydrogens is 415 g/mol. The van der Waals surface area contributed by atoms with Gasteiger partial charge in [0.2, 0.25) is 0 Å². The SMILES string of the molecule is O=C(O)C1=CC(c2ccc(Cl)cc2)n2ncc(C(=O)Nc3ccccc3Cl)c2N1. The summed E-state index contributed by atoms with van der Waals surface area (Å²) in [6.45, 7) is 0. The Bertz CT molecular complexity index is 1140. The average molecular weight is 429 g/mol. The highest BCUT2D eigenvalue weighted by atomic mass is 35.5. The summed E-state index contributed by atoms with van der Waals surface area (Å²) < 4.78 is 1.55. The lowest BCUT2D eigenvalue weighted by Gasteiger charge is -2.24. The third kappa shape index (κ3) is 3.70. The number of nitrogens with zero attached hydrogens (tertiary/aromatic N) is 2. The van der Waals surface area contributed by atoms with Crippen LogP contribution in [0.5, 0.6) is 0 Å². The predicted octanol–water partition coefficient (Wildman–Crippen LogP) is 4.43. The average Bonchev–Trinajstić information content (AvgIpc) is 3.14. The monoisotopic (exact) mass is 428 g/mol. The molecule has 3 N–H and O–H groups in total. The minimum Gasteiger partial charge on any atom is -0.477 e. The Labute approximate surface area is 175 Å². The smallest absolute Gasteiger partial charge is 0.352 e. The van der Waals surface area contributed by atoms with E-state index < -0.39 is 17.9 Å². The number of aliphatic carboxylic acids is 1. The zero-order valence-corrected chi connectivity index (χ0v) is 16.3. The largest absolute Gasteiger partial charge is 0.477 e. The van der Waals surface area contributed by atoms with E-state index in [4.69, 9.17) is 23.2 Å². The maximum Gasteiger partial charge on any atom is 0.352 e. The molecular formula is C20H14Cl2N4O3. The number of nitrogens with one attached hydrogen (secondary N) is 2. The first-order chi connectivity index (χ1) is 13.9. The van der Waals surface area contributed by atoms with Crippen molar-refractivity contribution in [2.45, 2.75) is 6.04 Å². The minimum atomic E-state index is -1.14. The first-order valence-electron chi connectivity index (χ1n) is 8.55. The molecule has 0 radical (unpaired) electrons. The van der Waals surface area contributed by atoms with Gasteiger partial charge in [0, 0.05) is 5.02 Å². The Morgan fingerprint density at radius 2 is 1.83 bits per heavy atom. The number of hydrogen-bond donors (Lipinski definition) is 3. The maximum absolute atomic E-state index is 12.8. The van der Waals surface area contributed by atoms with Crippen LogP contribution < -0.4 is 10.6 Å². The fourth-order valence-corrected chi connectivity index (χ4v) is 3.34. The standard InChI is InChI=1S/C20H14Cl2N4O3/c21-12-7-5-11(6-8-12)17-9-16(20(28)29)24-18-13(10-23-26(17)18)19(27)25-15-4-2-1-3-14(15)22/h1-10,17,24H,(H,25,27)(H,28,29). The third-order valence-electron chi connectivity index (χ3n) is 4.45. The first kappa shape index (κ1) is 19.0. The number of carboxylic acids is 1. The summed E-state index contributed by atoms with van der Waals surface area (Å²) in [6.07, 6.45) is 2.91. The van der Waals surface area contributed by atoms with Gasteiger partial charge >= 0.3 is 5.97 Å². The van der Waals surface area contributed by atoms with Gasteiger partial charge in [0.05, 0.1) is 22.9 Å². The highest BCUT2D eigenvalue weighted by Gasteiger charge is 2.29. The fraction of sp³-hybridized carbons (Fsp3) is 0.0500. The number of hydrogen-bond acceptors (Lipinski definition) is 4. The first-order valence-corrected chi connectivity index (χ1v) is 9.30. The molecule has 9 heteroatoms. The molecule has 1 aliphatic rings. The van der Waals surface area contributed by atoms with Crippen molar-refractivity contribution >= 4 is 46.6 Å². The van der Waals surface area contributed by atoms with Crippen molar-refractivity contribution in [1.29, 1.82) is 0 Å². The van der Waals surface area contributed by atoms with Crippen LogP contribution in [-0.2, 0) is 4.79 Å². The molecule has 2 heterocycles. The predicted molar refractivity (Wildman–Crippen MR) is 111 cm³/mol. The number of halogens is 2. The number of fused-ring (bicyclic) bond motifs is 1. The summed E-state index contributed by atoms with van der Waals surface area (Å²) >= 11 is 12.1. The zero-order chi connectivity index (χ0) is 20.5. The molecule has 0 fully saturated rings. The van der Waals surface area contributed by atoms with E-state index in [9.17, 15) is 14.7 Å². The van der Waals surface area contributed by atoms with E-state index in [0.29, 0.717) is 15.7 Å². The van der Waals surface area contributed by atoms with Crippen molar-refractivity contribution in [3.05, 3.63) is 87.7 Å². The minimum absolute atomic E-state index is 0.0512. The van der Waals surface area contributed by atoms with Crippen LogP contribution in [0, 0.1) is 0 Å². The molecule has 1 amide bonds. The van der Waals surface area contributed by atoms with Gasteiger partial charge in [-0.3, -0.25) is 4.79 Å². The Morgan fingerprint density at radius 1 is 1.10 bits per heavy atom. The number of aromatic nitrogens is 2. The number of para-hydroxylation sites is 1. The van der Waals surface area contributed by atoms with E-state index in [1.165, 1.54) is 12.3 Å². The van der Waals surface area contributed by atoms with E-state index in [2.05, 4.69) is 15.7 Å². The molecule has 4 rings (SSSR count). The number of carbonyl (C=O) groups is 2. The van der Waals surface area contributed by atoms with Crippen molar-refractivity contribution in [1.82, 2.24) is 9.78 Å². The van der Waals surface area contributed by atoms with E-state index in [-0.39, 0.29) is 17.1 Å². The van der Waals surface area contributed by atoms with Crippen LogP contribution in [0.25, 0.3) is 0 Å². The van der Waals surface area contributed by atoms with Crippen LogP contribution in [0.3, 0.4) is 0 Å². The molecule has 3 aromatic rings. The second-order valence-electron chi connectivity index (χ2n) is 6.29. The number of carboxylic acid groups (broad SMARTS) is 1. The van der Waals surface area contributed by atoms with Gasteiger partial charge in [-0.25, -0.2) is 9.48 Å². The van der Waals surface area contributed by atoms with Crippen molar-refractivity contribution < 1.29 is 14.7 Å². The zero-order valence-electron chi connectivity index (χ0n) is 14.8. The second kappa shape index (κ2) is 7.62. The van der Waals surface area contributed by atoms with Gasteiger partial charge in [0.1, 0.15) is 17.1 Å². The molecule has 0 bridgehead atoms. The summed E-state index contributed by atoms with van der Waals surface area (Å²) in [6, 6.07) is 13.3. The van der Waals surface area contributed by atoms with Crippen LogP contribution in [0.2, 0.25) is 10.0 Å². The Morgan fingerprint density at radius 3 is 2.52 bits per heavy atom. The number of allylic oxidation sites excluding steroid dienone is 1. The molecule has 1 atom stereocenters. The fourth-order valence-electron chi connectivity index (χ4n) is 3.04.